The summed E-state index contributed by atoms with van der Waals surface area (Å²) in [6.45, 7) is 4.60. The van der Waals surface area contributed by atoms with Crippen molar-refractivity contribution in [2.45, 2.75) is 33.1 Å². The van der Waals surface area contributed by atoms with Crippen LogP contribution in [0.15, 0.2) is 0 Å². The number of nitriles is 1. The molecule has 1 atom stereocenters. The first kappa shape index (κ1) is 11.5. The van der Waals surface area contributed by atoms with E-state index in [0.29, 0.717) is 0 Å². The van der Waals surface area contributed by atoms with Gasteiger partial charge in [0, 0.05) is 11.9 Å². The van der Waals surface area contributed by atoms with Crippen LogP contribution in [-0.4, -0.2) is 7.05 Å². The van der Waals surface area contributed by atoms with Crippen molar-refractivity contribution in [3.63, 3.8) is 0 Å². The molecular weight excluding hydrogens is 216 g/mol. The first-order valence-electron chi connectivity index (χ1n) is 5.89. The Morgan fingerprint density at radius 2 is 2.25 bits per heavy atom. The van der Waals surface area contributed by atoms with E-state index in [1.54, 1.807) is 11.3 Å². The summed E-state index contributed by atoms with van der Waals surface area (Å²) in [6, 6.07) is 2.35. The summed E-state index contributed by atoms with van der Waals surface area (Å²) >= 11 is 1.77. The van der Waals surface area contributed by atoms with E-state index < -0.39 is 0 Å². The third kappa shape index (κ3) is 1.82. The Labute approximate surface area is 101 Å². The van der Waals surface area contributed by atoms with Gasteiger partial charge in [0.2, 0.25) is 0 Å². The van der Waals surface area contributed by atoms with Crippen LogP contribution in [0.3, 0.4) is 0 Å². The Balaban J connectivity index is 2.34. The molecular formula is C13H18N2S. The lowest BCUT2D eigenvalue weighted by Crippen LogP contribution is -2.17. The maximum Gasteiger partial charge on any atom is 0.107 e. The molecule has 0 fully saturated rings. The van der Waals surface area contributed by atoms with Gasteiger partial charge < -0.3 is 5.32 Å². The fourth-order valence-electron chi connectivity index (χ4n) is 2.47. The quantitative estimate of drug-likeness (QED) is 0.851. The maximum absolute atomic E-state index is 9.19. The lowest BCUT2D eigenvalue weighted by Gasteiger charge is -2.25. The fraction of sp³-hybridized carbons (Fsp3) is 0.615. The zero-order chi connectivity index (χ0) is 11.7. The average Bonchev–Trinajstić information content (AvgIpc) is 2.65. The average molecular weight is 234 g/mol. The Bertz CT molecular complexity index is 426. The molecule has 0 saturated heterocycles. The van der Waals surface area contributed by atoms with E-state index in [1.165, 1.54) is 16.9 Å². The van der Waals surface area contributed by atoms with Crippen molar-refractivity contribution in [3.05, 3.63) is 16.0 Å². The zero-order valence-corrected chi connectivity index (χ0v) is 10.9. The number of rotatable bonds is 2. The SMILES string of the molecule is CNc1sc2c(c1C#N)CCC(C(C)C)C2. The van der Waals surface area contributed by atoms with Crippen molar-refractivity contribution >= 4 is 16.3 Å². The summed E-state index contributed by atoms with van der Waals surface area (Å²) in [5.41, 5.74) is 2.21. The van der Waals surface area contributed by atoms with Crippen LogP contribution in [0.4, 0.5) is 5.00 Å². The maximum atomic E-state index is 9.19. The normalized spacial score (nSPS) is 19.3. The Kier molecular flexibility index (Phi) is 3.20. The highest BCUT2D eigenvalue weighted by atomic mass is 32.1. The number of nitrogens with zero attached hydrogens (tertiary/aromatic N) is 1. The molecule has 3 heteroatoms. The summed E-state index contributed by atoms with van der Waals surface area (Å²) in [7, 11) is 1.90. The third-order valence-electron chi connectivity index (χ3n) is 3.59. The van der Waals surface area contributed by atoms with E-state index >= 15 is 0 Å². The van der Waals surface area contributed by atoms with Gasteiger partial charge in [0.15, 0.2) is 0 Å². The molecule has 1 aromatic rings. The summed E-state index contributed by atoms with van der Waals surface area (Å²) in [6.07, 6.45) is 3.48. The number of nitrogens with one attached hydrogen (secondary N) is 1. The number of anilines is 1. The molecule has 2 rings (SSSR count). The highest BCUT2D eigenvalue weighted by Gasteiger charge is 2.26. The summed E-state index contributed by atoms with van der Waals surface area (Å²) < 4.78 is 0. The van der Waals surface area contributed by atoms with Crippen molar-refractivity contribution in [2.24, 2.45) is 11.8 Å². The second-order valence-electron chi connectivity index (χ2n) is 4.82. The van der Waals surface area contributed by atoms with Gasteiger partial charge in [-0.3, -0.25) is 0 Å². The predicted molar refractivity (Wildman–Crippen MR) is 68.9 cm³/mol. The first-order chi connectivity index (χ1) is 7.67. The van der Waals surface area contributed by atoms with Crippen LogP contribution in [0.5, 0.6) is 0 Å². The largest absolute Gasteiger partial charge is 0.379 e. The second-order valence-corrected chi connectivity index (χ2v) is 5.92. The summed E-state index contributed by atoms with van der Waals surface area (Å²) in [5.74, 6) is 1.54. The molecule has 86 valence electrons. The molecule has 0 bridgehead atoms. The smallest absolute Gasteiger partial charge is 0.107 e. The van der Waals surface area contributed by atoms with Gasteiger partial charge in [-0.25, -0.2) is 0 Å². The molecule has 0 aromatic carbocycles. The topological polar surface area (TPSA) is 35.8 Å². The number of thiophene rings is 1. The van der Waals surface area contributed by atoms with Gasteiger partial charge in [0.25, 0.3) is 0 Å². The molecule has 1 unspecified atom stereocenters. The first-order valence-corrected chi connectivity index (χ1v) is 6.71. The zero-order valence-electron chi connectivity index (χ0n) is 10.1. The molecule has 0 spiro atoms. The van der Waals surface area contributed by atoms with Crippen molar-refractivity contribution in [2.75, 3.05) is 12.4 Å². The molecule has 0 amide bonds. The number of hydrogen-bond acceptors (Lipinski definition) is 3. The minimum absolute atomic E-state index is 0.749. The van der Waals surface area contributed by atoms with E-state index in [0.717, 1.165) is 35.2 Å². The van der Waals surface area contributed by atoms with Crippen LogP contribution >= 0.6 is 11.3 Å². The number of hydrogen-bond donors (Lipinski definition) is 1. The van der Waals surface area contributed by atoms with Crippen molar-refractivity contribution in [1.29, 1.82) is 5.26 Å². The molecule has 2 nitrogen and oxygen atoms in total. The minimum Gasteiger partial charge on any atom is -0.379 e. The van der Waals surface area contributed by atoms with Crippen molar-refractivity contribution < 1.29 is 0 Å². The minimum atomic E-state index is 0.749. The van der Waals surface area contributed by atoms with Crippen LogP contribution in [0, 0.1) is 23.2 Å². The molecule has 0 radical (unpaired) electrons. The van der Waals surface area contributed by atoms with Gasteiger partial charge in [-0.1, -0.05) is 13.8 Å². The van der Waals surface area contributed by atoms with E-state index in [4.69, 9.17) is 0 Å². The van der Waals surface area contributed by atoms with Crippen LogP contribution in [0.25, 0.3) is 0 Å². The standard InChI is InChI=1S/C13H18N2S/c1-8(2)9-4-5-10-11(7-14)13(15-3)16-12(10)6-9/h8-9,15H,4-6H2,1-3H3. The Morgan fingerprint density at radius 3 is 2.81 bits per heavy atom. The van der Waals surface area contributed by atoms with Gasteiger partial charge in [-0.2, -0.15) is 5.26 Å². The van der Waals surface area contributed by atoms with E-state index in [-0.39, 0.29) is 0 Å². The highest BCUT2D eigenvalue weighted by molar-refractivity contribution is 7.16. The van der Waals surface area contributed by atoms with E-state index in [1.807, 2.05) is 7.05 Å². The molecule has 0 saturated carbocycles. The van der Waals surface area contributed by atoms with Crippen LogP contribution in [-0.2, 0) is 12.8 Å². The predicted octanol–water partition coefficient (Wildman–Crippen LogP) is 3.42. The highest BCUT2D eigenvalue weighted by Crippen LogP contribution is 2.40. The lowest BCUT2D eigenvalue weighted by atomic mass is 9.81. The van der Waals surface area contributed by atoms with Crippen molar-refractivity contribution in [1.82, 2.24) is 0 Å². The van der Waals surface area contributed by atoms with Gasteiger partial charge in [-0.15, -0.1) is 11.3 Å². The molecule has 1 heterocycles. The summed E-state index contributed by atoms with van der Waals surface area (Å²) in [4.78, 5) is 1.44. The Hall–Kier alpha value is -1.01. The van der Waals surface area contributed by atoms with Gasteiger partial charge in [0.05, 0.1) is 5.56 Å². The van der Waals surface area contributed by atoms with Gasteiger partial charge >= 0.3 is 0 Å². The summed E-state index contributed by atoms with van der Waals surface area (Å²) in [5, 5.41) is 13.4. The molecule has 1 aliphatic rings. The van der Waals surface area contributed by atoms with Crippen LogP contribution in [0.1, 0.15) is 36.3 Å². The lowest BCUT2D eigenvalue weighted by molar-refractivity contribution is 0.346. The molecule has 1 aromatic heterocycles. The molecule has 0 aliphatic heterocycles. The van der Waals surface area contributed by atoms with E-state index in [2.05, 4.69) is 25.2 Å². The molecule has 1 N–H and O–H groups in total. The van der Waals surface area contributed by atoms with Crippen LogP contribution < -0.4 is 5.32 Å². The van der Waals surface area contributed by atoms with Crippen molar-refractivity contribution in [3.8, 4) is 6.07 Å². The monoisotopic (exact) mass is 234 g/mol. The molecule has 1 aliphatic carbocycles. The van der Waals surface area contributed by atoms with Gasteiger partial charge in [-0.05, 0) is 36.7 Å². The molecule has 16 heavy (non-hydrogen) atoms. The fourth-order valence-corrected chi connectivity index (χ4v) is 3.72. The van der Waals surface area contributed by atoms with Gasteiger partial charge in [0.1, 0.15) is 11.1 Å². The van der Waals surface area contributed by atoms with E-state index in [9.17, 15) is 5.26 Å². The number of fused-ring (bicyclic) bond motifs is 1. The Morgan fingerprint density at radius 1 is 1.50 bits per heavy atom. The third-order valence-corrected chi connectivity index (χ3v) is 4.86. The van der Waals surface area contributed by atoms with Crippen LogP contribution in [0.2, 0.25) is 0 Å². The second kappa shape index (κ2) is 4.47.